The fourth-order valence-electron chi connectivity index (χ4n) is 2.03. The van der Waals surface area contributed by atoms with Crippen molar-refractivity contribution >= 4 is 11.7 Å². The van der Waals surface area contributed by atoms with Crippen LogP contribution in [0, 0.1) is 0 Å². The number of ether oxygens (including phenoxy) is 1. The van der Waals surface area contributed by atoms with Crippen LogP contribution in [-0.4, -0.2) is 23.7 Å². The number of carbonyl (C=O) groups is 1. The SMILES string of the molecule is COC(=O)C1(C)CCc2cc(O)ccc2N1. The average Bonchev–Trinajstić information content (AvgIpc) is 2.28. The maximum absolute atomic E-state index is 11.6. The minimum absolute atomic E-state index is 0.252. The number of benzene rings is 1. The zero-order valence-electron chi connectivity index (χ0n) is 9.41. The molecular weight excluding hydrogens is 206 g/mol. The van der Waals surface area contributed by atoms with E-state index >= 15 is 0 Å². The van der Waals surface area contributed by atoms with E-state index in [1.165, 1.54) is 7.11 Å². The first-order valence-electron chi connectivity index (χ1n) is 5.24. The molecule has 0 radical (unpaired) electrons. The summed E-state index contributed by atoms with van der Waals surface area (Å²) < 4.78 is 4.78. The van der Waals surface area contributed by atoms with Gasteiger partial charge in [0.25, 0.3) is 0 Å². The van der Waals surface area contributed by atoms with E-state index in [0.717, 1.165) is 17.7 Å². The van der Waals surface area contributed by atoms with Crippen LogP contribution in [0.3, 0.4) is 0 Å². The maximum atomic E-state index is 11.6. The standard InChI is InChI=1S/C12H15NO3/c1-12(11(15)16-2)6-5-8-7-9(14)3-4-10(8)13-12/h3-4,7,13-14H,5-6H2,1-2H3. The summed E-state index contributed by atoms with van der Waals surface area (Å²) in [6, 6.07) is 5.11. The van der Waals surface area contributed by atoms with Crippen LogP contribution in [0.15, 0.2) is 18.2 Å². The van der Waals surface area contributed by atoms with Crippen molar-refractivity contribution in [3.05, 3.63) is 23.8 Å². The van der Waals surface area contributed by atoms with Gasteiger partial charge >= 0.3 is 5.97 Å². The molecule has 0 fully saturated rings. The van der Waals surface area contributed by atoms with Gasteiger partial charge in [-0.05, 0) is 43.5 Å². The summed E-state index contributed by atoms with van der Waals surface area (Å²) >= 11 is 0. The van der Waals surface area contributed by atoms with Gasteiger partial charge in [-0.2, -0.15) is 0 Å². The number of aromatic hydroxyl groups is 1. The predicted molar refractivity (Wildman–Crippen MR) is 60.5 cm³/mol. The summed E-state index contributed by atoms with van der Waals surface area (Å²) in [5.74, 6) is -0.00607. The van der Waals surface area contributed by atoms with Gasteiger partial charge in [0.1, 0.15) is 11.3 Å². The molecular formula is C12H15NO3. The number of aryl methyl sites for hydroxylation is 1. The van der Waals surface area contributed by atoms with E-state index in [-0.39, 0.29) is 11.7 Å². The molecule has 4 heteroatoms. The highest BCUT2D eigenvalue weighted by Gasteiger charge is 2.37. The minimum atomic E-state index is -0.668. The van der Waals surface area contributed by atoms with Crippen LogP contribution >= 0.6 is 0 Å². The third-order valence-electron chi connectivity index (χ3n) is 3.03. The van der Waals surface area contributed by atoms with Crippen molar-refractivity contribution in [3.8, 4) is 5.75 Å². The van der Waals surface area contributed by atoms with Gasteiger partial charge in [-0.3, -0.25) is 0 Å². The second-order valence-electron chi connectivity index (χ2n) is 4.29. The molecule has 0 aromatic heterocycles. The van der Waals surface area contributed by atoms with E-state index in [9.17, 15) is 9.90 Å². The highest BCUT2D eigenvalue weighted by Crippen LogP contribution is 2.33. The van der Waals surface area contributed by atoms with Crippen LogP contribution in [0.5, 0.6) is 5.75 Å². The Morgan fingerprint density at radius 1 is 1.56 bits per heavy atom. The van der Waals surface area contributed by atoms with Crippen molar-refractivity contribution in [3.63, 3.8) is 0 Å². The molecule has 2 rings (SSSR count). The molecule has 0 amide bonds. The zero-order chi connectivity index (χ0) is 11.8. The Balaban J connectivity index is 2.30. The number of fused-ring (bicyclic) bond motifs is 1. The van der Waals surface area contributed by atoms with Gasteiger partial charge in [0.15, 0.2) is 0 Å². The molecule has 0 bridgehead atoms. The Kier molecular flexibility index (Phi) is 2.50. The molecule has 1 heterocycles. The molecule has 0 saturated carbocycles. The Hall–Kier alpha value is -1.71. The lowest BCUT2D eigenvalue weighted by Gasteiger charge is -2.34. The van der Waals surface area contributed by atoms with Crippen LogP contribution in [0.25, 0.3) is 0 Å². The first-order chi connectivity index (χ1) is 7.55. The number of anilines is 1. The maximum Gasteiger partial charge on any atom is 0.331 e. The Labute approximate surface area is 94.2 Å². The van der Waals surface area contributed by atoms with E-state index in [1.54, 1.807) is 18.2 Å². The molecule has 16 heavy (non-hydrogen) atoms. The fraction of sp³-hybridized carbons (Fsp3) is 0.417. The van der Waals surface area contributed by atoms with Crippen LogP contribution in [0.4, 0.5) is 5.69 Å². The van der Waals surface area contributed by atoms with Crippen molar-refractivity contribution in [2.24, 2.45) is 0 Å². The van der Waals surface area contributed by atoms with Crippen molar-refractivity contribution in [2.75, 3.05) is 12.4 Å². The van der Waals surface area contributed by atoms with Crippen molar-refractivity contribution < 1.29 is 14.6 Å². The first kappa shape index (κ1) is 10.8. The molecule has 1 aromatic carbocycles. The molecule has 4 nitrogen and oxygen atoms in total. The summed E-state index contributed by atoms with van der Waals surface area (Å²) in [5, 5.41) is 12.5. The number of nitrogens with one attached hydrogen (secondary N) is 1. The molecule has 2 N–H and O–H groups in total. The molecule has 1 aromatic rings. The van der Waals surface area contributed by atoms with E-state index in [1.807, 2.05) is 6.92 Å². The summed E-state index contributed by atoms with van der Waals surface area (Å²) in [6.07, 6.45) is 1.42. The zero-order valence-corrected chi connectivity index (χ0v) is 9.41. The van der Waals surface area contributed by atoms with E-state index in [4.69, 9.17) is 4.74 Å². The highest BCUT2D eigenvalue weighted by atomic mass is 16.5. The number of esters is 1. The second kappa shape index (κ2) is 3.70. The van der Waals surface area contributed by atoms with Crippen LogP contribution in [0.2, 0.25) is 0 Å². The third-order valence-corrected chi connectivity index (χ3v) is 3.03. The Bertz CT molecular complexity index is 430. The fourth-order valence-corrected chi connectivity index (χ4v) is 2.03. The minimum Gasteiger partial charge on any atom is -0.508 e. The summed E-state index contributed by atoms with van der Waals surface area (Å²) in [4.78, 5) is 11.6. The van der Waals surface area contributed by atoms with Crippen molar-refractivity contribution in [2.45, 2.75) is 25.3 Å². The van der Waals surface area contributed by atoms with Crippen molar-refractivity contribution in [1.82, 2.24) is 0 Å². The average molecular weight is 221 g/mol. The lowest BCUT2D eigenvalue weighted by atomic mass is 9.88. The molecule has 0 spiro atoms. The Morgan fingerprint density at radius 3 is 3.00 bits per heavy atom. The van der Waals surface area contributed by atoms with Gasteiger partial charge in [-0.25, -0.2) is 4.79 Å². The summed E-state index contributed by atoms with van der Waals surface area (Å²) in [7, 11) is 1.39. The molecule has 86 valence electrons. The van der Waals surface area contributed by atoms with Gasteiger partial charge in [-0.1, -0.05) is 0 Å². The third kappa shape index (κ3) is 1.71. The molecule has 1 aliphatic heterocycles. The van der Waals surface area contributed by atoms with Gasteiger partial charge in [0, 0.05) is 5.69 Å². The van der Waals surface area contributed by atoms with Crippen LogP contribution in [0.1, 0.15) is 18.9 Å². The lowest BCUT2D eigenvalue weighted by Crippen LogP contribution is -2.46. The smallest absolute Gasteiger partial charge is 0.331 e. The van der Waals surface area contributed by atoms with Gasteiger partial charge in [-0.15, -0.1) is 0 Å². The lowest BCUT2D eigenvalue weighted by molar-refractivity contribution is -0.145. The number of phenolic OH excluding ortho intramolecular Hbond substituents is 1. The number of hydrogen-bond donors (Lipinski definition) is 2. The van der Waals surface area contributed by atoms with E-state index in [0.29, 0.717) is 6.42 Å². The summed E-state index contributed by atoms with van der Waals surface area (Å²) in [5.41, 5.74) is 1.25. The Morgan fingerprint density at radius 2 is 2.31 bits per heavy atom. The van der Waals surface area contributed by atoms with Crippen LogP contribution in [-0.2, 0) is 16.0 Å². The predicted octanol–water partition coefficient (Wildman–Crippen LogP) is 1.68. The number of rotatable bonds is 1. The summed E-state index contributed by atoms with van der Waals surface area (Å²) in [6.45, 7) is 1.83. The van der Waals surface area contributed by atoms with Crippen molar-refractivity contribution in [1.29, 1.82) is 0 Å². The normalized spacial score (nSPS) is 23.1. The highest BCUT2D eigenvalue weighted by molar-refractivity contribution is 5.85. The van der Waals surface area contributed by atoms with E-state index in [2.05, 4.69) is 5.32 Å². The number of carbonyl (C=O) groups excluding carboxylic acids is 1. The first-order valence-corrected chi connectivity index (χ1v) is 5.24. The largest absolute Gasteiger partial charge is 0.508 e. The topological polar surface area (TPSA) is 58.6 Å². The number of phenols is 1. The van der Waals surface area contributed by atoms with Gasteiger partial charge in [0.2, 0.25) is 0 Å². The molecule has 1 unspecified atom stereocenters. The molecule has 0 saturated heterocycles. The quantitative estimate of drug-likeness (QED) is 0.559. The molecule has 1 atom stereocenters. The van der Waals surface area contributed by atoms with Gasteiger partial charge < -0.3 is 15.2 Å². The van der Waals surface area contributed by atoms with Gasteiger partial charge in [0.05, 0.1) is 7.11 Å². The second-order valence-corrected chi connectivity index (χ2v) is 4.29. The van der Waals surface area contributed by atoms with E-state index < -0.39 is 5.54 Å². The van der Waals surface area contributed by atoms with Crippen LogP contribution < -0.4 is 5.32 Å². The number of methoxy groups -OCH3 is 1. The molecule has 0 aliphatic carbocycles. The monoisotopic (exact) mass is 221 g/mol. The number of hydrogen-bond acceptors (Lipinski definition) is 4. The molecule has 1 aliphatic rings.